The number of alkyl halides is 6. The molecule has 244 valence electrons. The molecule has 7 nitrogen and oxygen atoms in total. The van der Waals surface area contributed by atoms with Gasteiger partial charge >= 0.3 is 12.4 Å². The number of hydrogen-bond donors (Lipinski definition) is 2. The number of amides is 3. The van der Waals surface area contributed by atoms with E-state index in [9.17, 15) is 45.8 Å². The molecule has 0 radical (unpaired) electrons. The highest BCUT2D eigenvalue weighted by Crippen LogP contribution is 2.46. The van der Waals surface area contributed by atoms with Crippen LogP contribution >= 0.6 is 0 Å². The van der Waals surface area contributed by atoms with Crippen LogP contribution in [0.1, 0.15) is 69.4 Å². The molecule has 1 fully saturated rings. The van der Waals surface area contributed by atoms with Gasteiger partial charge in [0.25, 0.3) is 5.91 Å². The molecule has 46 heavy (non-hydrogen) atoms. The smallest absolute Gasteiger partial charge is 0.393 e. The summed E-state index contributed by atoms with van der Waals surface area (Å²) in [4.78, 5) is 43.5. The van der Waals surface area contributed by atoms with Crippen molar-refractivity contribution in [2.75, 3.05) is 19.6 Å². The van der Waals surface area contributed by atoms with Gasteiger partial charge in [0.2, 0.25) is 11.8 Å². The molecule has 13 heteroatoms. The van der Waals surface area contributed by atoms with Crippen LogP contribution in [0.5, 0.6) is 0 Å². The second kappa shape index (κ2) is 13.1. The van der Waals surface area contributed by atoms with E-state index < -0.39 is 64.8 Å². The molecule has 5 rings (SSSR count). The van der Waals surface area contributed by atoms with Crippen molar-refractivity contribution < 1.29 is 45.8 Å². The van der Waals surface area contributed by atoms with E-state index in [1.165, 1.54) is 29.2 Å². The van der Waals surface area contributed by atoms with Crippen LogP contribution in [0.3, 0.4) is 0 Å². The molecular weight excluding hydrogens is 616 g/mol. The van der Waals surface area contributed by atoms with E-state index in [0.717, 1.165) is 4.90 Å². The molecule has 2 heterocycles. The van der Waals surface area contributed by atoms with Gasteiger partial charge in [-0.15, -0.1) is 0 Å². The third kappa shape index (κ3) is 7.19. The molecule has 2 N–H and O–H groups in total. The average molecular weight is 648 g/mol. The van der Waals surface area contributed by atoms with Gasteiger partial charge in [-0.2, -0.15) is 26.3 Å². The minimum atomic E-state index is -5.17. The van der Waals surface area contributed by atoms with E-state index in [1.54, 1.807) is 30.3 Å². The Kier molecular flexibility index (Phi) is 9.43. The monoisotopic (exact) mass is 647 g/mol. The molecule has 0 bridgehead atoms. The number of carbonyl (C=O) groups is 3. The van der Waals surface area contributed by atoms with Gasteiger partial charge in [-0.3, -0.25) is 14.4 Å². The molecule has 0 aromatic heterocycles. The third-order valence-corrected chi connectivity index (χ3v) is 8.37. The number of nitrogens with one attached hydrogen (secondary N) is 1. The number of benzene rings is 3. The summed E-state index contributed by atoms with van der Waals surface area (Å²) < 4.78 is 83.8. The lowest BCUT2D eigenvalue weighted by atomic mass is 9.78. The zero-order valence-corrected chi connectivity index (χ0v) is 24.4. The second-order valence-corrected chi connectivity index (χ2v) is 11.4. The number of aliphatic hydroxyl groups excluding tert-OH is 1. The maximum Gasteiger partial charge on any atom is 0.416 e. The molecule has 3 amide bonds. The fourth-order valence-corrected chi connectivity index (χ4v) is 6.03. The van der Waals surface area contributed by atoms with Gasteiger partial charge in [0.15, 0.2) is 0 Å². The van der Waals surface area contributed by atoms with Crippen LogP contribution in [0, 0.1) is 0 Å². The van der Waals surface area contributed by atoms with Crippen molar-refractivity contribution in [1.82, 2.24) is 15.1 Å². The summed E-state index contributed by atoms with van der Waals surface area (Å²) in [5, 5.41) is 12.5. The third-order valence-electron chi connectivity index (χ3n) is 8.37. The predicted molar refractivity (Wildman–Crippen MR) is 154 cm³/mol. The first-order chi connectivity index (χ1) is 21.7. The Morgan fingerprint density at radius 2 is 1.43 bits per heavy atom. The van der Waals surface area contributed by atoms with Crippen molar-refractivity contribution in [3.05, 3.63) is 106 Å². The van der Waals surface area contributed by atoms with Gasteiger partial charge in [0, 0.05) is 38.2 Å². The number of fused-ring (bicyclic) bond motifs is 1. The van der Waals surface area contributed by atoms with E-state index in [1.807, 2.05) is 0 Å². The Morgan fingerprint density at radius 3 is 2.04 bits per heavy atom. The number of likely N-dealkylation sites (tertiary alicyclic amines) is 1. The fourth-order valence-electron chi connectivity index (χ4n) is 6.03. The van der Waals surface area contributed by atoms with Crippen molar-refractivity contribution in [1.29, 1.82) is 0 Å². The quantitative estimate of drug-likeness (QED) is 0.323. The summed E-state index contributed by atoms with van der Waals surface area (Å²) in [6.07, 6.45) is -10.5. The number of nitrogens with zero attached hydrogens (tertiary/aromatic N) is 2. The maximum absolute atomic E-state index is 14.0. The Balaban J connectivity index is 1.60. The number of halogens is 6. The summed E-state index contributed by atoms with van der Waals surface area (Å²) in [6.45, 7) is 0.144. The number of hydrogen-bond acceptors (Lipinski definition) is 4. The fraction of sp³-hybridized carbons (Fsp3) is 0.364. The highest BCUT2D eigenvalue weighted by molar-refractivity contribution is 6.01. The van der Waals surface area contributed by atoms with Crippen LogP contribution in [0.2, 0.25) is 0 Å². The van der Waals surface area contributed by atoms with Gasteiger partial charge < -0.3 is 20.2 Å². The highest BCUT2D eigenvalue weighted by Gasteiger charge is 2.46. The first kappa shape index (κ1) is 33.0. The summed E-state index contributed by atoms with van der Waals surface area (Å²) >= 11 is 0. The highest BCUT2D eigenvalue weighted by atomic mass is 19.4. The normalized spacial score (nSPS) is 19.2. The summed E-state index contributed by atoms with van der Waals surface area (Å²) in [5.74, 6) is -3.27. The summed E-state index contributed by atoms with van der Waals surface area (Å²) in [6, 6.07) is 14.1. The van der Waals surface area contributed by atoms with Crippen molar-refractivity contribution in [2.45, 2.75) is 56.2 Å². The van der Waals surface area contributed by atoms with Crippen molar-refractivity contribution in [3.63, 3.8) is 0 Å². The standard InChI is InChI=1S/C33H31F6N3O4/c34-32(35,36)22-16-21(17-23(18-22)33(37,38)39)29-28(30(45)40-19-20-6-2-1-3-7-20)25-8-4-5-9-26(25)31(46)42(29)15-12-27(44)41-13-10-24(43)11-14-41/h1-9,16-18,24,28-29,43H,10-15,19H2,(H,40,45). The van der Waals surface area contributed by atoms with Crippen molar-refractivity contribution in [3.8, 4) is 0 Å². The zero-order chi connectivity index (χ0) is 33.2. The Labute approximate surface area is 260 Å². The first-order valence-electron chi connectivity index (χ1n) is 14.7. The van der Waals surface area contributed by atoms with E-state index in [-0.39, 0.29) is 49.8 Å². The number of rotatable bonds is 7. The SMILES string of the molecule is O=C(NCc1ccccc1)C1c2ccccc2C(=O)N(CCC(=O)N2CCC(O)CC2)C1c1cc(C(F)(F)F)cc(C(F)(F)F)c1. The Morgan fingerprint density at radius 1 is 0.848 bits per heavy atom. The Hall–Kier alpha value is -4.39. The molecule has 2 aliphatic rings. The van der Waals surface area contributed by atoms with Crippen LogP contribution in [0.4, 0.5) is 26.3 Å². The van der Waals surface area contributed by atoms with E-state index >= 15 is 0 Å². The molecule has 3 aromatic carbocycles. The lowest BCUT2D eigenvalue weighted by Crippen LogP contribution is -2.49. The van der Waals surface area contributed by atoms with Gasteiger partial charge in [-0.05, 0) is 53.8 Å². The molecular formula is C33H31F6N3O4. The van der Waals surface area contributed by atoms with Crippen LogP contribution in [-0.2, 0) is 28.5 Å². The molecule has 1 saturated heterocycles. The largest absolute Gasteiger partial charge is 0.416 e. The van der Waals surface area contributed by atoms with E-state index in [2.05, 4.69) is 5.32 Å². The first-order valence-corrected chi connectivity index (χ1v) is 14.7. The Bertz CT molecular complexity index is 1550. The van der Waals surface area contributed by atoms with E-state index in [0.29, 0.717) is 30.5 Å². The molecule has 2 atom stereocenters. The second-order valence-electron chi connectivity index (χ2n) is 11.4. The average Bonchev–Trinajstić information content (AvgIpc) is 3.02. The van der Waals surface area contributed by atoms with Gasteiger partial charge in [0.05, 0.1) is 29.2 Å². The van der Waals surface area contributed by atoms with Gasteiger partial charge in [-0.1, -0.05) is 48.5 Å². The molecule has 2 aliphatic heterocycles. The van der Waals surface area contributed by atoms with Crippen LogP contribution in [0.15, 0.2) is 72.8 Å². The number of piperidine rings is 1. The zero-order valence-electron chi connectivity index (χ0n) is 24.4. The molecule has 0 saturated carbocycles. The minimum absolute atomic E-state index is 0.00863. The number of aliphatic hydroxyl groups is 1. The van der Waals surface area contributed by atoms with Gasteiger partial charge in [-0.25, -0.2) is 0 Å². The maximum atomic E-state index is 14.0. The molecule has 0 aliphatic carbocycles. The minimum Gasteiger partial charge on any atom is -0.393 e. The van der Waals surface area contributed by atoms with E-state index in [4.69, 9.17) is 0 Å². The van der Waals surface area contributed by atoms with Gasteiger partial charge in [0.1, 0.15) is 0 Å². The lowest BCUT2D eigenvalue weighted by Gasteiger charge is -2.42. The molecule has 2 unspecified atom stereocenters. The van der Waals surface area contributed by atoms with Crippen LogP contribution < -0.4 is 5.32 Å². The topological polar surface area (TPSA) is 90.0 Å². The summed E-state index contributed by atoms with van der Waals surface area (Å²) in [5.41, 5.74) is -2.83. The van der Waals surface area contributed by atoms with Crippen molar-refractivity contribution >= 4 is 17.7 Å². The van der Waals surface area contributed by atoms with Crippen molar-refractivity contribution in [2.24, 2.45) is 0 Å². The van der Waals surface area contributed by atoms with Crippen LogP contribution in [0.25, 0.3) is 0 Å². The lowest BCUT2D eigenvalue weighted by molar-refractivity contribution is -0.143. The van der Waals surface area contributed by atoms with Crippen LogP contribution in [-0.4, -0.2) is 58.4 Å². The molecule has 0 spiro atoms. The molecule has 3 aromatic rings. The predicted octanol–water partition coefficient (Wildman–Crippen LogP) is 5.69. The summed E-state index contributed by atoms with van der Waals surface area (Å²) in [7, 11) is 0. The number of carbonyl (C=O) groups excluding carboxylic acids is 3.